The van der Waals surface area contributed by atoms with Gasteiger partial charge in [-0.25, -0.2) is 0 Å². The van der Waals surface area contributed by atoms with E-state index in [0.29, 0.717) is 32.8 Å². The van der Waals surface area contributed by atoms with Crippen LogP contribution >= 0.6 is 0 Å². The molecule has 6 heteroatoms. The molecule has 0 aromatic heterocycles. The zero-order valence-corrected chi connectivity index (χ0v) is 11.2. The molecule has 106 valence electrons. The van der Waals surface area contributed by atoms with Crippen LogP contribution in [0.4, 0.5) is 0 Å². The maximum absolute atomic E-state index is 11.2. The summed E-state index contributed by atoms with van der Waals surface area (Å²) in [6.07, 6.45) is 0.521. The van der Waals surface area contributed by atoms with Crippen LogP contribution in [0.2, 0.25) is 0 Å². The second-order valence-corrected chi connectivity index (χ2v) is 3.68. The Hall–Kier alpha value is -1.14. The van der Waals surface area contributed by atoms with Crippen molar-refractivity contribution in [2.75, 3.05) is 39.5 Å². The molecule has 0 aliphatic heterocycles. The van der Waals surface area contributed by atoms with E-state index in [2.05, 4.69) is 0 Å². The molecule has 6 nitrogen and oxygen atoms in total. The number of hydrogen-bond donors (Lipinski definition) is 1. The summed E-state index contributed by atoms with van der Waals surface area (Å²) in [5.41, 5.74) is 0. The van der Waals surface area contributed by atoms with Crippen LogP contribution in [-0.4, -0.2) is 61.4 Å². The number of esters is 2. The van der Waals surface area contributed by atoms with Crippen LogP contribution in [0.5, 0.6) is 0 Å². The van der Waals surface area contributed by atoms with Gasteiger partial charge in [0.05, 0.1) is 32.7 Å². The Morgan fingerprint density at radius 2 is 1.39 bits per heavy atom. The van der Waals surface area contributed by atoms with Gasteiger partial charge in [-0.05, 0) is 13.8 Å². The number of ether oxygens (including phenoxy) is 2. The summed E-state index contributed by atoms with van der Waals surface area (Å²) in [5.74, 6) is -0.534. The molecule has 0 rings (SSSR count). The van der Waals surface area contributed by atoms with Gasteiger partial charge in [-0.15, -0.1) is 0 Å². The number of aliphatic hydroxyl groups excluding tert-OH is 1. The van der Waals surface area contributed by atoms with E-state index in [1.807, 2.05) is 4.90 Å². The topological polar surface area (TPSA) is 76.1 Å². The van der Waals surface area contributed by atoms with Gasteiger partial charge >= 0.3 is 11.9 Å². The van der Waals surface area contributed by atoms with E-state index in [1.54, 1.807) is 13.8 Å². The molecule has 0 fully saturated rings. The van der Waals surface area contributed by atoms with Crippen molar-refractivity contribution in [2.45, 2.75) is 26.7 Å². The molecule has 0 unspecified atom stereocenters. The third kappa shape index (κ3) is 8.95. The van der Waals surface area contributed by atoms with Crippen LogP contribution in [0.1, 0.15) is 26.7 Å². The molecule has 0 radical (unpaired) electrons. The highest BCUT2D eigenvalue weighted by Gasteiger charge is 2.11. The highest BCUT2D eigenvalue weighted by Crippen LogP contribution is 1.97. The van der Waals surface area contributed by atoms with Crippen LogP contribution in [0.25, 0.3) is 0 Å². The monoisotopic (exact) mass is 261 g/mol. The molecule has 0 spiro atoms. The van der Waals surface area contributed by atoms with Gasteiger partial charge in [0, 0.05) is 19.6 Å². The van der Waals surface area contributed by atoms with Crippen molar-refractivity contribution >= 4 is 11.9 Å². The van der Waals surface area contributed by atoms with Crippen molar-refractivity contribution in [3.8, 4) is 0 Å². The predicted molar refractivity (Wildman–Crippen MR) is 66.0 cm³/mol. The summed E-state index contributed by atoms with van der Waals surface area (Å²) in [6.45, 7) is 5.60. The zero-order valence-electron chi connectivity index (χ0n) is 11.2. The average Bonchev–Trinajstić information content (AvgIpc) is 2.33. The molecule has 0 amide bonds. The first-order chi connectivity index (χ1) is 8.63. The molecule has 0 atom stereocenters. The number of rotatable bonds is 10. The number of carbonyl (C=O) groups is 2. The highest BCUT2D eigenvalue weighted by atomic mass is 16.5. The van der Waals surface area contributed by atoms with E-state index in [9.17, 15) is 9.59 Å². The summed E-state index contributed by atoms with van der Waals surface area (Å²) in [6, 6.07) is 0. The number of carbonyl (C=O) groups excluding carboxylic acids is 2. The Labute approximate surface area is 108 Å². The van der Waals surface area contributed by atoms with Gasteiger partial charge in [-0.1, -0.05) is 0 Å². The second kappa shape index (κ2) is 11.0. The van der Waals surface area contributed by atoms with Gasteiger partial charge < -0.3 is 14.6 Å². The molecule has 1 N–H and O–H groups in total. The molecule has 0 bridgehead atoms. The molecule has 0 aromatic rings. The lowest BCUT2D eigenvalue weighted by atomic mass is 10.3. The van der Waals surface area contributed by atoms with Crippen LogP contribution in [0, 0.1) is 0 Å². The quantitative estimate of drug-likeness (QED) is 0.566. The molecular formula is C12H23NO5. The molecule has 0 saturated heterocycles. The minimum absolute atomic E-state index is 0.00828. The third-order valence-electron chi connectivity index (χ3n) is 2.29. The Morgan fingerprint density at radius 1 is 0.944 bits per heavy atom. The minimum Gasteiger partial charge on any atom is -0.466 e. The van der Waals surface area contributed by atoms with Gasteiger partial charge in [-0.3, -0.25) is 14.5 Å². The minimum atomic E-state index is -0.267. The standard InChI is InChI=1S/C12H23NO5/c1-3-17-11(15)5-7-13(9-10-14)8-6-12(16)18-4-2/h14H,3-10H2,1-2H3. The van der Waals surface area contributed by atoms with Crippen molar-refractivity contribution < 1.29 is 24.2 Å². The third-order valence-corrected chi connectivity index (χ3v) is 2.29. The molecule has 0 aromatic carbocycles. The fourth-order valence-electron chi connectivity index (χ4n) is 1.44. The molecule has 0 aliphatic rings. The second-order valence-electron chi connectivity index (χ2n) is 3.68. The SMILES string of the molecule is CCOC(=O)CCN(CCO)CCC(=O)OCC. The zero-order chi connectivity index (χ0) is 13.8. The summed E-state index contributed by atoms with van der Waals surface area (Å²) < 4.78 is 9.63. The Morgan fingerprint density at radius 3 is 1.72 bits per heavy atom. The molecule has 0 heterocycles. The van der Waals surface area contributed by atoms with Gasteiger partial charge in [0.2, 0.25) is 0 Å². The van der Waals surface area contributed by atoms with Gasteiger partial charge in [0.25, 0.3) is 0 Å². The molecule has 18 heavy (non-hydrogen) atoms. The van der Waals surface area contributed by atoms with Crippen LogP contribution in [0.3, 0.4) is 0 Å². The fraction of sp³-hybridized carbons (Fsp3) is 0.833. The first kappa shape index (κ1) is 16.9. The fourth-order valence-corrected chi connectivity index (χ4v) is 1.44. The van der Waals surface area contributed by atoms with Crippen molar-refractivity contribution in [1.29, 1.82) is 0 Å². The van der Waals surface area contributed by atoms with E-state index in [4.69, 9.17) is 14.6 Å². The Bertz CT molecular complexity index is 223. The lowest BCUT2D eigenvalue weighted by Gasteiger charge is -2.20. The summed E-state index contributed by atoms with van der Waals surface area (Å²) in [4.78, 5) is 24.2. The smallest absolute Gasteiger partial charge is 0.307 e. The molecule has 0 aliphatic carbocycles. The summed E-state index contributed by atoms with van der Waals surface area (Å²) >= 11 is 0. The van der Waals surface area contributed by atoms with E-state index < -0.39 is 0 Å². The van der Waals surface area contributed by atoms with Crippen LogP contribution in [-0.2, 0) is 19.1 Å². The van der Waals surface area contributed by atoms with Crippen LogP contribution in [0.15, 0.2) is 0 Å². The number of hydrogen-bond acceptors (Lipinski definition) is 6. The first-order valence-corrected chi connectivity index (χ1v) is 6.28. The average molecular weight is 261 g/mol. The largest absolute Gasteiger partial charge is 0.466 e. The van der Waals surface area contributed by atoms with Gasteiger partial charge in [0.1, 0.15) is 0 Å². The van der Waals surface area contributed by atoms with E-state index in [1.165, 1.54) is 0 Å². The Balaban J connectivity index is 3.91. The number of aliphatic hydroxyl groups is 1. The van der Waals surface area contributed by atoms with Crippen LogP contribution < -0.4 is 0 Å². The normalized spacial score (nSPS) is 10.4. The maximum Gasteiger partial charge on any atom is 0.307 e. The summed E-state index contributed by atoms with van der Waals surface area (Å²) in [7, 11) is 0. The van der Waals surface area contributed by atoms with Gasteiger partial charge in [0.15, 0.2) is 0 Å². The molecular weight excluding hydrogens is 238 g/mol. The van der Waals surface area contributed by atoms with E-state index >= 15 is 0 Å². The predicted octanol–water partition coefficient (Wildman–Crippen LogP) is 0.187. The van der Waals surface area contributed by atoms with Crippen molar-refractivity contribution in [2.24, 2.45) is 0 Å². The molecule has 0 saturated carbocycles. The maximum atomic E-state index is 11.2. The van der Waals surface area contributed by atoms with Crippen molar-refractivity contribution in [3.63, 3.8) is 0 Å². The van der Waals surface area contributed by atoms with Gasteiger partial charge in [-0.2, -0.15) is 0 Å². The lowest BCUT2D eigenvalue weighted by Crippen LogP contribution is -2.32. The highest BCUT2D eigenvalue weighted by molar-refractivity contribution is 5.70. The van der Waals surface area contributed by atoms with Crippen molar-refractivity contribution in [3.05, 3.63) is 0 Å². The number of nitrogens with zero attached hydrogens (tertiary/aromatic N) is 1. The van der Waals surface area contributed by atoms with E-state index in [-0.39, 0.29) is 31.4 Å². The van der Waals surface area contributed by atoms with Crippen molar-refractivity contribution in [1.82, 2.24) is 4.90 Å². The Kier molecular flexibility index (Phi) is 10.3. The van der Waals surface area contributed by atoms with E-state index in [0.717, 1.165) is 0 Å². The lowest BCUT2D eigenvalue weighted by molar-refractivity contribution is -0.143. The first-order valence-electron chi connectivity index (χ1n) is 6.28. The summed E-state index contributed by atoms with van der Waals surface area (Å²) in [5, 5.41) is 8.90.